The molecule has 3 saturated heterocycles. The number of ether oxygens (including phenoxy) is 5. The van der Waals surface area contributed by atoms with Crippen LogP contribution in [-0.4, -0.2) is 60.6 Å². The maximum atomic E-state index is 12.2. The summed E-state index contributed by atoms with van der Waals surface area (Å²) in [4.78, 5) is 34.3. The van der Waals surface area contributed by atoms with Crippen molar-refractivity contribution in [3.8, 4) is 0 Å². The quantitative estimate of drug-likeness (QED) is 0.114. The van der Waals surface area contributed by atoms with Crippen molar-refractivity contribution in [3.63, 3.8) is 0 Å². The molecule has 0 aromatic heterocycles. The van der Waals surface area contributed by atoms with E-state index in [1.165, 1.54) is 0 Å². The van der Waals surface area contributed by atoms with Gasteiger partial charge in [0.05, 0.1) is 13.9 Å². The molecule has 3 aliphatic carbocycles. The van der Waals surface area contributed by atoms with Crippen molar-refractivity contribution in [3.05, 3.63) is 11.1 Å². The van der Waals surface area contributed by atoms with Crippen LogP contribution in [0.25, 0.3) is 0 Å². The number of rotatable bonds is 5. The molecule has 10 nitrogen and oxygen atoms in total. The molecule has 9 atom stereocenters. The average Bonchev–Trinajstić information content (AvgIpc) is 3.59. The van der Waals surface area contributed by atoms with Gasteiger partial charge >= 0.3 is 65.1 Å². The number of carbonyl (C=O) groups excluding carboxylic acids is 1. The van der Waals surface area contributed by atoms with Crippen LogP contribution in [0.15, 0.2) is 11.1 Å². The van der Waals surface area contributed by atoms with Crippen molar-refractivity contribution < 1.29 is 106 Å². The summed E-state index contributed by atoms with van der Waals surface area (Å²) in [6.45, 7) is 5.89. The molecule has 13 heteroatoms. The molecule has 5 fully saturated rings. The van der Waals surface area contributed by atoms with E-state index in [0.717, 1.165) is 17.6 Å². The Balaban J connectivity index is 0.00000120. The van der Waals surface area contributed by atoms with Crippen LogP contribution in [0.4, 0.5) is 0 Å². The van der Waals surface area contributed by atoms with E-state index in [1.54, 1.807) is 0 Å². The van der Waals surface area contributed by atoms with E-state index in [2.05, 4.69) is 11.4 Å². The zero-order chi connectivity index (χ0) is 22.5. The van der Waals surface area contributed by atoms with Gasteiger partial charge in [0.1, 0.15) is 36.1 Å². The van der Waals surface area contributed by atoms with Crippen LogP contribution in [0.3, 0.4) is 0 Å². The SMILES string of the molecule is CC(C)C12OC1C1OC13C1(C)CCC4=C(COC4=O)C1CC1OC13C2OCOP(=O)([O-])[O-].[Na+].[Na+]. The molecule has 2 saturated carbocycles. The molecule has 2 spiro atoms. The van der Waals surface area contributed by atoms with E-state index in [0.29, 0.717) is 19.4 Å². The first-order valence-corrected chi connectivity index (χ1v) is 12.7. The Bertz CT molecular complexity index is 1030. The Labute approximate surface area is 241 Å². The minimum Gasteiger partial charge on any atom is -0.790 e. The molecule has 0 radical (unpaired) electrons. The first-order valence-electron chi connectivity index (χ1n) is 11.2. The second-order valence-corrected chi connectivity index (χ2v) is 11.9. The van der Waals surface area contributed by atoms with Gasteiger partial charge in [-0.15, -0.1) is 0 Å². The van der Waals surface area contributed by atoms with E-state index in [9.17, 15) is 19.1 Å². The number of cyclic esters (lactones) is 1. The topological polar surface area (TPSA) is 146 Å². The largest absolute Gasteiger partial charge is 1.00 e. The Morgan fingerprint density at radius 1 is 1.18 bits per heavy atom. The Hall–Kier alpha value is 1.16. The maximum absolute atomic E-state index is 12.2. The predicted molar refractivity (Wildman–Crippen MR) is 99.5 cm³/mol. The van der Waals surface area contributed by atoms with Gasteiger partial charge in [0.15, 0.2) is 12.4 Å². The number of esters is 1. The van der Waals surface area contributed by atoms with Gasteiger partial charge in [-0.25, -0.2) is 4.79 Å². The Kier molecular flexibility index (Phi) is 6.18. The van der Waals surface area contributed by atoms with E-state index in [4.69, 9.17) is 23.7 Å². The fourth-order valence-corrected chi connectivity index (χ4v) is 8.27. The molecule has 34 heavy (non-hydrogen) atoms. The van der Waals surface area contributed by atoms with E-state index in [1.807, 2.05) is 13.8 Å². The van der Waals surface area contributed by atoms with Crippen LogP contribution in [0, 0.1) is 17.3 Å². The van der Waals surface area contributed by atoms with Crippen molar-refractivity contribution in [2.45, 2.75) is 81.3 Å². The zero-order valence-corrected chi connectivity index (χ0v) is 24.9. The maximum Gasteiger partial charge on any atom is 1.00 e. The van der Waals surface area contributed by atoms with E-state index < -0.39 is 37.5 Å². The summed E-state index contributed by atoms with van der Waals surface area (Å²) >= 11 is 0. The molecule has 0 amide bonds. The van der Waals surface area contributed by atoms with Crippen LogP contribution in [0.1, 0.15) is 40.0 Å². The summed E-state index contributed by atoms with van der Waals surface area (Å²) in [5, 5.41) is 0. The van der Waals surface area contributed by atoms with Crippen molar-refractivity contribution in [1.29, 1.82) is 0 Å². The van der Waals surface area contributed by atoms with Crippen LogP contribution >= 0.6 is 7.82 Å². The van der Waals surface area contributed by atoms with Crippen molar-refractivity contribution in [1.82, 2.24) is 0 Å². The monoisotopic (exact) mass is 514 g/mol. The number of phosphoric acid groups is 1. The number of hydrogen-bond donors (Lipinski definition) is 0. The van der Waals surface area contributed by atoms with Gasteiger partial charge in [0.25, 0.3) is 0 Å². The third kappa shape index (κ3) is 2.93. The fourth-order valence-electron chi connectivity index (χ4n) is 8.08. The van der Waals surface area contributed by atoms with Crippen molar-refractivity contribution >= 4 is 13.8 Å². The van der Waals surface area contributed by atoms with Gasteiger partial charge in [-0.05, 0) is 36.7 Å². The number of epoxide rings is 3. The van der Waals surface area contributed by atoms with E-state index in [-0.39, 0.29) is 101 Å². The van der Waals surface area contributed by atoms with Crippen molar-refractivity contribution in [2.75, 3.05) is 13.4 Å². The summed E-state index contributed by atoms with van der Waals surface area (Å²) in [7, 11) is -5.18. The Morgan fingerprint density at radius 2 is 1.91 bits per heavy atom. The van der Waals surface area contributed by atoms with Gasteiger partial charge in [-0.1, -0.05) is 20.8 Å². The minimum atomic E-state index is -5.18. The fraction of sp³-hybridized carbons (Fsp3) is 0.857. The number of fused-ring (bicyclic) bond motifs is 4. The van der Waals surface area contributed by atoms with Crippen LogP contribution in [0.5, 0.6) is 0 Å². The van der Waals surface area contributed by atoms with Gasteiger partial charge in [0.2, 0.25) is 0 Å². The molecule has 0 aromatic rings. The zero-order valence-electron chi connectivity index (χ0n) is 20.0. The normalized spacial score (nSPS) is 50.9. The van der Waals surface area contributed by atoms with Gasteiger partial charge < -0.3 is 42.6 Å². The summed E-state index contributed by atoms with van der Waals surface area (Å²) in [6, 6.07) is 0. The van der Waals surface area contributed by atoms with Gasteiger partial charge in [-0.2, -0.15) is 0 Å². The number of hydrogen-bond acceptors (Lipinski definition) is 10. The third-order valence-electron chi connectivity index (χ3n) is 9.51. The number of phosphoric ester groups is 1. The van der Waals surface area contributed by atoms with Crippen molar-refractivity contribution in [2.24, 2.45) is 17.3 Å². The van der Waals surface area contributed by atoms with Gasteiger partial charge in [-0.3, -0.25) is 0 Å². The Morgan fingerprint density at radius 3 is 2.59 bits per heavy atom. The number of carbonyl (C=O) groups is 1. The standard InChI is InChI=1S/C21H27O10P.2Na/c1-9(2)19-14(30-19)15-21(31-15)18(3)5-4-10-11(7-26-16(10)22)12(18)6-13-20(21,29-13)17(19)27-8-28-32(23,24)25;;/h9,12-15,17H,4-8H2,1-3H3,(H2,23,24,25);;/q;2*+1/p-2. The minimum absolute atomic E-state index is 0. The van der Waals surface area contributed by atoms with Crippen LogP contribution < -0.4 is 68.9 Å². The second kappa shape index (κ2) is 7.85. The smallest absolute Gasteiger partial charge is 0.790 e. The molecular weight excluding hydrogens is 489 g/mol. The van der Waals surface area contributed by atoms with Crippen LogP contribution in [0.2, 0.25) is 0 Å². The summed E-state index contributed by atoms with van der Waals surface area (Å²) in [6.07, 6.45) is 0.891. The predicted octanol–water partition coefficient (Wildman–Crippen LogP) is -6.06. The van der Waals surface area contributed by atoms with Crippen LogP contribution in [-0.2, 0) is 37.6 Å². The molecule has 7 aliphatic rings. The molecular formula is C21H25Na2O10P. The molecule has 7 rings (SSSR count). The van der Waals surface area contributed by atoms with E-state index >= 15 is 0 Å². The summed E-state index contributed by atoms with van der Waals surface area (Å²) in [5.41, 5.74) is -0.615. The molecule has 0 bridgehead atoms. The summed E-state index contributed by atoms with van der Waals surface area (Å²) in [5.74, 6) is -0.0707. The molecule has 4 aliphatic heterocycles. The first-order chi connectivity index (χ1) is 15.0. The molecule has 0 N–H and O–H groups in total. The molecule has 9 unspecified atom stereocenters. The molecule has 176 valence electrons. The average molecular weight is 514 g/mol. The van der Waals surface area contributed by atoms with Gasteiger partial charge in [0, 0.05) is 11.0 Å². The third-order valence-corrected chi connectivity index (χ3v) is 9.93. The molecule has 4 heterocycles. The molecule has 0 aromatic carbocycles. The summed E-state index contributed by atoms with van der Waals surface area (Å²) < 4.78 is 46.1. The first kappa shape index (κ1) is 26.8. The second-order valence-electron chi connectivity index (χ2n) is 10.7.